The number of rotatable bonds is 2. The van der Waals surface area contributed by atoms with E-state index < -0.39 is 6.10 Å². The Morgan fingerprint density at radius 1 is 1.50 bits per heavy atom. The molecule has 4 heteroatoms. The fourth-order valence-corrected chi connectivity index (χ4v) is 2.60. The second-order valence-electron chi connectivity index (χ2n) is 4.32. The Balaban J connectivity index is 2.15. The third kappa shape index (κ3) is 2.56. The number of aliphatic hydroxyl groups is 1. The first kappa shape index (κ1) is 11.9. The third-order valence-electron chi connectivity index (χ3n) is 3.15. The van der Waals surface area contributed by atoms with Crippen molar-refractivity contribution in [2.75, 3.05) is 18.8 Å². The smallest absolute Gasteiger partial charge is 0.0850 e. The number of nitrogens with two attached hydrogens (primary N) is 1. The van der Waals surface area contributed by atoms with Crippen molar-refractivity contribution in [1.29, 1.82) is 0 Å². The Morgan fingerprint density at radius 3 is 2.94 bits per heavy atom. The maximum atomic E-state index is 10.3. The van der Waals surface area contributed by atoms with E-state index >= 15 is 0 Å². The van der Waals surface area contributed by atoms with Crippen LogP contribution in [0, 0.1) is 5.92 Å². The molecule has 1 aromatic carbocycles. The molecule has 2 atom stereocenters. The standard InChI is InChI=1S/C12H17BrN2O/c13-9-3-4-10(11(14)6-9)12(16)8-2-1-5-15-7-8/h3-4,6,8,12,15-16H,1-2,5,7,14H2. The molecule has 88 valence electrons. The van der Waals surface area contributed by atoms with E-state index in [-0.39, 0.29) is 5.92 Å². The van der Waals surface area contributed by atoms with E-state index in [2.05, 4.69) is 21.2 Å². The van der Waals surface area contributed by atoms with Gasteiger partial charge in [0.05, 0.1) is 6.10 Å². The molecule has 0 saturated carbocycles. The topological polar surface area (TPSA) is 58.3 Å². The fourth-order valence-electron chi connectivity index (χ4n) is 2.22. The summed E-state index contributed by atoms with van der Waals surface area (Å²) < 4.78 is 0.947. The molecule has 0 bridgehead atoms. The van der Waals surface area contributed by atoms with Gasteiger partial charge in [-0.1, -0.05) is 22.0 Å². The summed E-state index contributed by atoms with van der Waals surface area (Å²) in [6, 6.07) is 5.67. The van der Waals surface area contributed by atoms with Gasteiger partial charge < -0.3 is 16.2 Å². The first-order chi connectivity index (χ1) is 7.68. The molecule has 0 radical (unpaired) electrons. The minimum atomic E-state index is -0.458. The molecule has 2 rings (SSSR count). The summed E-state index contributed by atoms with van der Waals surface area (Å²) >= 11 is 3.37. The van der Waals surface area contributed by atoms with E-state index in [1.54, 1.807) is 0 Å². The van der Waals surface area contributed by atoms with Gasteiger partial charge in [-0.25, -0.2) is 0 Å². The predicted octanol–water partition coefficient (Wildman–Crippen LogP) is 2.06. The minimum absolute atomic E-state index is 0.275. The fraction of sp³-hybridized carbons (Fsp3) is 0.500. The largest absolute Gasteiger partial charge is 0.398 e. The van der Waals surface area contributed by atoms with E-state index in [0.29, 0.717) is 5.69 Å². The van der Waals surface area contributed by atoms with Crippen LogP contribution in [-0.4, -0.2) is 18.2 Å². The van der Waals surface area contributed by atoms with Gasteiger partial charge in [0, 0.05) is 28.2 Å². The van der Waals surface area contributed by atoms with Crippen LogP contribution in [0.4, 0.5) is 5.69 Å². The molecule has 0 aromatic heterocycles. The van der Waals surface area contributed by atoms with Crippen LogP contribution in [0.15, 0.2) is 22.7 Å². The lowest BCUT2D eigenvalue weighted by Crippen LogP contribution is -2.33. The lowest BCUT2D eigenvalue weighted by Gasteiger charge is -2.28. The molecule has 1 aromatic rings. The first-order valence-corrected chi connectivity index (χ1v) is 6.41. The van der Waals surface area contributed by atoms with Crippen molar-refractivity contribution in [3.05, 3.63) is 28.2 Å². The highest BCUT2D eigenvalue weighted by Gasteiger charge is 2.24. The van der Waals surface area contributed by atoms with Crippen molar-refractivity contribution in [1.82, 2.24) is 5.32 Å². The van der Waals surface area contributed by atoms with Crippen LogP contribution in [-0.2, 0) is 0 Å². The Morgan fingerprint density at radius 2 is 2.31 bits per heavy atom. The van der Waals surface area contributed by atoms with Crippen LogP contribution in [0.25, 0.3) is 0 Å². The molecule has 16 heavy (non-hydrogen) atoms. The Hall–Kier alpha value is -0.580. The van der Waals surface area contributed by atoms with Crippen molar-refractivity contribution < 1.29 is 5.11 Å². The van der Waals surface area contributed by atoms with Gasteiger partial charge in [-0.3, -0.25) is 0 Å². The Bertz CT molecular complexity index is 364. The third-order valence-corrected chi connectivity index (χ3v) is 3.64. The normalized spacial score (nSPS) is 23.0. The number of halogens is 1. The van der Waals surface area contributed by atoms with E-state index in [9.17, 15) is 5.11 Å². The van der Waals surface area contributed by atoms with Gasteiger partial charge in [-0.05, 0) is 31.5 Å². The minimum Gasteiger partial charge on any atom is -0.398 e. The van der Waals surface area contributed by atoms with Crippen LogP contribution < -0.4 is 11.1 Å². The van der Waals surface area contributed by atoms with Crippen molar-refractivity contribution in [3.8, 4) is 0 Å². The van der Waals surface area contributed by atoms with E-state index in [1.165, 1.54) is 0 Å². The van der Waals surface area contributed by atoms with Crippen LogP contribution >= 0.6 is 15.9 Å². The van der Waals surface area contributed by atoms with E-state index in [4.69, 9.17) is 5.73 Å². The SMILES string of the molecule is Nc1cc(Br)ccc1C(O)C1CCCNC1. The molecular formula is C12H17BrN2O. The Kier molecular flexibility index (Phi) is 3.84. The summed E-state index contributed by atoms with van der Waals surface area (Å²) in [6.07, 6.45) is 1.72. The van der Waals surface area contributed by atoms with Crippen LogP contribution in [0.1, 0.15) is 24.5 Å². The van der Waals surface area contributed by atoms with Gasteiger partial charge in [0.2, 0.25) is 0 Å². The predicted molar refractivity (Wildman–Crippen MR) is 69.1 cm³/mol. The number of anilines is 1. The maximum absolute atomic E-state index is 10.3. The van der Waals surface area contributed by atoms with Crippen molar-refractivity contribution in [3.63, 3.8) is 0 Å². The number of nitrogens with one attached hydrogen (secondary N) is 1. The van der Waals surface area contributed by atoms with E-state index in [1.807, 2.05) is 18.2 Å². The highest BCUT2D eigenvalue weighted by Crippen LogP contribution is 2.31. The molecule has 1 heterocycles. The quantitative estimate of drug-likeness (QED) is 0.729. The maximum Gasteiger partial charge on any atom is 0.0850 e. The monoisotopic (exact) mass is 284 g/mol. The summed E-state index contributed by atoms with van der Waals surface area (Å²) in [7, 11) is 0. The lowest BCUT2D eigenvalue weighted by atomic mass is 9.89. The van der Waals surface area contributed by atoms with Crippen LogP contribution in [0.3, 0.4) is 0 Å². The van der Waals surface area contributed by atoms with Gasteiger partial charge in [-0.2, -0.15) is 0 Å². The molecule has 1 fully saturated rings. The molecule has 1 saturated heterocycles. The number of hydrogen-bond donors (Lipinski definition) is 3. The molecule has 0 spiro atoms. The number of aliphatic hydroxyl groups excluding tert-OH is 1. The zero-order valence-corrected chi connectivity index (χ0v) is 10.7. The van der Waals surface area contributed by atoms with Crippen molar-refractivity contribution >= 4 is 21.6 Å². The molecular weight excluding hydrogens is 268 g/mol. The van der Waals surface area contributed by atoms with Crippen molar-refractivity contribution in [2.24, 2.45) is 5.92 Å². The zero-order valence-electron chi connectivity index (χ0n) is 9.12. The molecule has 0 amide bonds. The summed E-state index contributed by atoms with van der Waals surface area (Å²) in [5.74, 6) is 0.275. The van der Waals surface area contributed by atoms with Gasteiger partial charge in [0.25, 0.3) is 0 Å². The molecule has 1 aliphatic heterocycles. The highest BCUT2D eigenvalue weighted by atomic mass is 79.9. The second-order valence-corrected chi connectivity index (χ2v) is 5.24. The first-order valence-electron chi connectivity index (χ1n) is 5.62. The molecule has 3 nitrogen and oxygen atoms in total. The molecule has 4 N–H and O–H groups in total. The summed E-state index contributed by atoms with van der Waals surface area (Å²) in [6.45, 7) is 1.93. The van der Waals surface area contributed by atoms with Crippen LogP contribution in [0.2, 0.25) is 0 Å². The Labute approximate surface area is 104 Å². The number of benzene rings is 1. The molecule has 0 aliphatic carbocycles. The molecule has 1 aliphatic rings. The van der Waals surface area contributed by atoms with Crippen molar-refractivity contribution in [2.45, 2.75) is 18.9 Å². The van der Waals surface area contributed by atoms with Crippen LogP contribution in [0.5, 0.6) is 0 Å². The summed E-state index contributed by atoms with van der Waals surface area (Å²) in [4.78, 5) is 0. The van der Waals surface area contributed by atoms with Gasteiger partial charge >= 0.3 is 0 Å². The van der Waals surface area contributed by atoms with Gasteiger partial charge in [0.1, 0.15) is 0 Å². The number of piperidine rings is 1. The average molecular weight is 285 g/mol. The number of nitrogen functional groups attached to an aromatic ring is 1. The van der Waals surface area contributed by atoms with E-state index in [0.717, 1.165) is 36.0 Å². The average Bonchev–Trinajstić information content (AvgIpc) is 2.29. The number of hydrogen-bond acceptors (Lipinski definition) is 3. The van der Waals surface area contributed by atoms with Gasteiger partial charge in [-0.15, -0.1) is 0 Å². The zero-order chi connectivity index (χ0) is 11.5. The second kappa shape index (κ2) is 5.17. The lowest BCUT2D eigenvalue weighted by molar-refractivity contribution is 0.0928. The summed E-state index contributed by atoms with van der Waals surface area (Å²) in [5, 5.41) is 13.6. The van der Waals surface area contributed by atoms with Gasteiger partial charge in [0.15, 0.2) is 0 Å². The summed E-state index contributed by atoms with van der Waals surface area (Å²) in [5.41, 5.74) is 7.42. The highest BCUT2D eigenvalue weighted by molar-refractivity contribution is 9.10. The molecule has 2 unspecified atom stereocenters.